The van der Waals surface area contributed by atoms with Crippen LogP contribution in [0.3, 0.4) is 0 Å². The molecule has 2 aromatic carbocycles. The summed E-state index contributed by atoms with van der Waals surface area (Å²) in [4.78, 5) is 14.6. The molecule has 0 atom stereocenters. The standard InChI is InChI=1S/C20H24BrN3O2/c1-4-24(5-2)17-10-7-15(8-11-17)14-22-23-20(25)18-13-16(21)9-12-19(18)26-6-3/h7-14H,4-6H2,1-3H3,(H,23,25)/b22-14+. The third-order valence-electron chi connectivity index (χ3n) is 3.89. The van der Waals surface area contributed by atoms with Crippen molar-refractivity contribution in [1.29, 1.82) is 0 Å². The van der Waals surface area contributed by atoms with E-state index in [-0.39, 0.29) is 5.91 Å². The number of hydrogen-bond donors (Lipinski definition) is 1. The highest BCUT2D eigenvalue weighted by Gasteiger charge is 2.12. The molecule has 0 bridgehead atoms. The van der Waals surface area contributed by atoms with Gasteiger partial charge in [0.15, 0.2) is 0 Å². The Labute approximate surface area is 163 Å². The summed E-state index contributed by atoms with van der Waals surface area (Å²) in [6, 6.07) is 13.4. The van der Waals surface area contributed by atoms with Crippen LogP contribution < -0.4 is 15.1 Å². The lowest BCUT2D eigenvalue weighted by atomic mass is 10.2. The predicted octanol–water partition coefficient (Wildman–Crippen LogP) is 4.46. The van der Waals surface area contributed by atoms with E-state index in [1.807, 2.05) is 25.1 Å². The Balaban J connectivity index is 2.04. The van der Waals surface area contributed by atoms with E-state index in [1.165, 1.54) is 5.69 Å². The molecule has 1 N–H and O–H groups in total. The third-order valence-corrected chi connectivity index (χ3v) is 4.38. The third kappa shape index (κ3) is 5.33. The van der Waals surface area contributed by atoms with E-state index in [0.717, 1.165) is 23.1 Å². The van der Waals surface area contributed by atoms with Gasteiger partial charge in [0.05, 0.1) is 18.4 Å². The smallest absolute Gasteiger partial charge is 0.275 e. The summed E-state index contributed by atoms with van der Waals surface area (Å²) in [7, 11) is 0. The fraction of sp³-hybridized carbons (Fsp3) is 0.300. The van der Waals surface area contributed by atoms with E-state index in [0.29, 0.717) is 17.9 Å². The van der Waals surface area contributed by atoms with Crippen LogP contribution in [0.25, 0.3) is 0 Å². The van der Waals surface area contributed by atoms with Crippen molar-refractivity contribution in [3.05, 3.63) is 58.1 Å². The maximum Gasteiger partial charge on any atom is 0.275 e. The van der Waals surface area contributed by atoms with Gasteiger partial charge in [0, 0.05) is 23.2 Å². The molecule has 0 aliphatic rings. The van der Waals surface area contributed by atoms with Gasteiger partial charge in [-0.3, -0.25) is 4.79 Å². The van der Waals surface area contributed by atoms with Crippen LogP contribution in [-0.4, -0.2) is 31.8 Å². The number of anilines is 1. The van der Waals surface area contributed by atoms with Gasteiger partial charge in [-0.2, -0.15) is 5.10 Å². The minimum Gasteiger partial charge on any atom is -0.493 e. The number of carbonyl (C=O) groups is 1. The Morgan fingerprint density at radius 3 is 2.46 bits per heavy atom. The molecule has 2 rings (SSSR count). The number of amides is 1. The molecule has 6 heteroatoms. The van der Waals surface area contributed by atoms with Gasteiger partial charge in [0.2, 0.25) is 0 Å². The van der Waals surface area contributed by atoms with E-state index in [2.05, 4.69) is 57.3 Å². The van der Waals surface area contributed by atoms with Crippen molar-refractivity contribution >= 4 is 33.7 Å². The molecule has 0 heterocycles. The zero-order chi connectivity index (χ0) is 18.9. The molecule has 2 aromatic rings. The Bertz CT molecular complexity index is 756. The number of rotatable bonds is 8. The minimum absolute atomic E-state index is 0.314. The second kappa shape index (κ2) is 9.97. The first-order chi connectivity index (χ1) is 12.6. The van der Waals surface area contributed by atoms with Crippen molar-refractivity contribution in [2.24, 2.45) is 5.10 Å². The van der Waals surface area contributed by atoms with Gasteiger partial charge in [-0.05, 0) is 56.7 Å². The Hall–Kier alpha value is -2.34. The molecular weight excluding hydrogens is 394 g/mol. The molecule has 0 spiro atoms. The zero-order valence-electron chi connectivity index (χ0n) is 15.3. The second-order valence-electron chi connectivity index (χ2n) is 5.54. The van der Waals surface area contributed by atoms with Crippen LogP contribution in [0.15, 0.2) is 52.0 Å². The maximum atomic E-state index is 12.4. The molecular formula is C20H24BrN3O2. The van der Waals surface area contributed by atoms with E-state index < -0.39 is 0 Å². The normalized spacial score (nSPS) is 10.8. The largest absolute Gasteiger partial charge is 0.493 e. The lowest BCUT2D eigenvalue weighted by molar-refractivity contribution is 0.0951. The average Bonchev–Trinajstić information content (AvgIpc) is 2.65. The molecule has 1 amide bonds. The Morgan fingerprint density at radius 1 is 1.15 bits per heavy atom. The highest BCUT2D eigenvalue weighted by molar-refractivity contribution is 9.10. The number of halogens is 1. The van der Waals surface area contributed by atoms with Gasteiger partial charge in [0.25, 0.3) is 5.91 Å². The van der Waals surface area contributed by atoms with Crippen LogP contribution in [0.1, 0.15) is 36.7 Å². The molecule has 0 unspecified atom stereocenters. The lowest BCUT2D eigenvalue weighted by Gasteiger charge is -2.20. The number of hydrazone groups is 1. The van der Waals surface area contributed by atoms with Gasteiger partial charge in [0.1, 0.15) is 5.75 Å². The van der Waals surface area contributed by atoms with E-state index in [1.54, 1.807) is 18.3 Å². The van der Waals surface area contributed by atoms with Crippen LogP contribution in [0, 0.1) is 0 Å². The molecule has 0 saturated carbocycles. The van der Waals surface area contributed by atoms with Crippen molar-refractivity contribution in [3.8, 4) is 5.75 Å². The molecule has 0 aliphatic carbocycles. The SMILES string of the molecule is CCOc1ccc(Br)cc1C(=O)N/N=C/c1ccc(N(CC)CC)cc1. The first-order valence-corrected chi connectivity index (χ1v) is 9.49. The highest BCUT2D eigenvalue weighted by Crippen LogP contribution is 2.23. The zero-order valence-corrected chi connectivity index (χ0v) is 16.9. The van der Waals surface area contributed by atoms with Crippen molar-refractivity contribution in [2.75, 3.05) is 24.6 Å². The number of nitrogens with zero attached hydrogens (tertiary/aromatic N) is 2. The summed E-state index contributed by atoms with van der Waals surface area (Å²) >= 11 is 3.37. The number of hydrogen-bond acceptors (Lipinski definition) is 4. The van der Waals surface area contributed by atoms with E-state index in [4.69, 9.17) is 4.74 Å². The molecule has 138 valence electrons. The van der Waals surface area contributed by atoms with E-state index >= 15 is 0 Å². The fourth-order valence-electron chi connectivity index (χ4n) is 2.55. The molecule has 0 fully saturated rings. The minimum atomic E-state index is -0.314. The molecule has 0 saturated heterocycles. The molecule has 0 aromatic heterocycles. The lowest BCUT2D eigenvalue weighted by Crippen LogP contribution is -2.21. The molecule has 0 radical (unpaired) electrons. The molecule has 0 aliphatic heterocycles. The van der Waals surface area contributed by atoms with Crippen molar-refractivity contribution in [3.63, 3.8) is 0 Å². The number of carbonyl (C=O) groups excluding carboxylic acids is 1. The van der Waals surface area contributed by atoms with Crippen LogP contribution in [0.5, 0.6) is 5.75 Å². The number of benzene rings is 2. The van der Waals surface area contributed by atoms with Gasteiger partial charge in [-0.15, -0.1) is 0 Å². The summed E-state index contributed by atoms with van der Waals surface area (Å²) in [5.74, 6) is 0.220. The number of ether oxygens (including phenoxy) is 1. The van der Waals surface area contributed by atoms with Crippen LogP contribution in [0.4, 0.5) is 5.69 Å². The summed E-state index contributed by atoms with van der Waals surface area (Å²) in [6.45, 7) is 8.57. The highest BCUT2D eigenvalue weighted by atomic mass is 79.9. The summed E-state index contributed by atoms with van der Waals surface area (Å²) in [5.41, 5.74) is 5.08. The predicted molar refractivity (Wildman–Crippen MR) is 110 cm³/mol. The van der Waals surface area contributed by atoms with E-state index in [9.17, 15) is 4.79 Å². The maximum absolute atomic E-state index is 12.4. The Morgan fingerprint density at radius 2 is 1.85 bits per heavy atom. The van der Waals surface area contributed by atoms with Crippen LogP contribution in [-0.2, 0) is 0 Å². The first kappa shape index (κ1) is 20.0. The van der Waals surface area contributed by atoms with Crippen molar-refractivity contribution in [2.45, 2.75) is 20.8 Å². The Kier molecular flexibility index (Phi) is 7.66. The first-order valence-electron chi connectivity index (χ1n) is 8.69. The fourth-order valence-corrected chi connectivity index (χ4v) is 2.91. The average molecular weight is 418 g/mol. The molecule has 26 heavy (non-hydrogen) atoms. The van der Waals surface area contributed by atoms with Gasteiger partial charge < -0.3 is 9.64 Å². The van der Waals surface area contributed by atoms with Crippen LogP contribution >= 0.6 is 15.9 Å². The van der Waals surface area contributed by atoms with Crippen molar-refractivity contribution in [1.82, 2.24) is 5.43 Å². The van der Waals surface area contributed by atoms with Crippen LogP contribution in [0.2, 0.25) is 0 Å². The van der Waals surface area contributed by atoms with Crippen molar-refractivity contribution < 1.29 is 9.53 Å². The monoisotopic (exact) mass is 417 g/mol. The van der Waals surface area contributed by atoms with Gasteiger partial charge in [-0.25, -0.2) is 5.43 Å². The summed E-state index contributed by atoms with van der Waals surface area (Å²) in [5, 5.41) is 4.05. The van der Waals surface area contributed by atoms with Gasteiger partial charge in [-0.1, -0.05) is 28.1 Å². The summed E-state index contributed by atoms with van der Waals surface area (Å²) < 4.78 is 6.30. The molecule has 5 nitrogen and oxygen atoms in total. The van der Waals surface area contributed by atoms with Gasteiger partial charge >= 0.3 is 0 Å². The second-order valence-corrected chi connectivity index (χ2v) is 6.45. The number of nitrogens with one attached hydrogen (secondary N) is 1. The quantitative estimate of drug-likeness (QED) is 0.509. The topological polar surface area (TPSA) is 53.9 Å². The summed E-state index contributed by atoms with van der Waals surface area (Å²) in [6.07, 6.45) is 1.63.